The second kappa shape index (κ2) is 7.57. The Morgan fingerprint density at radius 2 is 1.95 bits per heavy atom. The summed E-state index contributed by atoms with van der Waals surface area (Å²) in [7, 11) is 0. The van der Waals surface area contributed by atoms with Crippen molar-refractivity contribution in [2.45, 2.75) is 39.8 Å². The molecule has 1 aromatic carbocycles. The normalized spacial score (nSPS) is 12.8. The van der Waals surface area contributed by atoms with Gasteiger partial charge in [-0.3, -0.25) is 0 Å². The van der Waals surface area contributed by atoms with E-state index in [1.165, 1.54) is 5.56 Å². The maximum atomic E-state index is 5.97. The van der Waals surface area contributed by atoms with Crippen LogP contribution in [0.5, 0.6) is 0 Å². The molecule has 0 radical (unpaired) electrons. The SMILES string of the molecule is CCNC(Cc1ncnn1CC(C)C)c1ccc(Cl)cc1. The number of halogens is 1. The van der Waals surface area contributed by atoms with Gasteiger partial charge in [0, 0.05) is 24.0 Å². The van der Waals surface area contributed by atoms with Crippen LogP contribution < -0.4 is 5.32 Å². The van der Waals surface area contributed by atoms with Crippen molar-refractivity contribution in [3.8, 4) is 0 Å². The van der Waals surface area contributed by atoms with Crippen LogP contribution >= 0.6 is 11.6 Å². The fourth-order valence-corrected chi connectivity index (χ4v) is 2.50. The van der Waals surface area contributed by atoms with Gasteiger partial charge in [0.1, 0.15) is 12.2 Å². The number of nitrogens with zero attached hydrogens (tertiary/aromatic N) is 3. The Morgan fingerprint density at radius 1 is 1.24 bits per heavy atom. The van der Waals surface area contributed by atoms with Crippen LogP contribution in [-0.4, -0.2) is 21.3 Å². The Balaban J connectivity index is 2.16. The zero-order valence-electron chi connectivity index (χ0n) is 12.9. The van der Waals surface area contributed by atoms with Gasteiger partial charge in [0.2, 0.25) is 0 Å². The summed E-state index contributed by atoms with van der Waals surface area (Å²) in [6.07, 6.45) is 2.46. The van der Waals surface area contributed by atoms with Crippen molar-refractivity contribution in [1.29, 1.82) is 0 Å². The van der Waals surface area contributed by atoms with Crippen LogP contribution in [-0.2, 0) is 13.0 Å². The fourth-order valence-electron chi connectivity index (χ4n) is 2.38. The Labute approximate surface area is 131 Å². The van der Waals surface area contributed by atoms with E-state index in [2.05, 4.69) is 48.3 Å². The second-order valence-corrected chi connectivity index (χ2v) is 6.05. The molecule has 0 aliphatic rings. The van der Waals surface area contributed by atoms with E-state index in [0.29, 0.717) is 5.92 Å². The molecule has 4 nitrogen and oxygen atoms in total. The van der Waals surface area contributed by atoms with Crippen LogP contribution in [0.15, 0.2) is 30.6 Å². The highest BCUT2D eigenvalue weighted by Crippen LogP contribution is 2.20. The van der Waals surface area contributed by atoms with Crippen LogP contribution in [0.4, 0.5) is 0 Å². The predicted octanol–water partition coefficient (Wildman–Crippen LogP) is 3.48. The first-order valence-electron chi connectivity index (χ1n) is 7.45. The summed E-state index contributed by atoms with van der Waals surface area (Å²) < 4.78 is 2.00. The Kier molecular flexibility index (Phi) is 5.76. The third-order valence-electron chi connectivity index (χ3n) is 3.34. The van der Waals surface area contributed by atoms with Crippen molar-refractivity contribution < 1.29 is 0 Å². The average molecular weight is 307 g/mol. The second-order valence-electron chi connectivity index (χ2n) is 5.62. The summed E-state index contributed by atoms with van der Waals surface area (Å²) >= 11 is 5.97. The molecular formula is C16H23ClN4. The van der Waals surface area contributed by atoms with E-state index in [1.807, 2.05) is 16.8 Å². The lowest BCUT2D eigenvalue weighted by Gasteiger charge is -2.19. The Bertz CT molecular complexity index is 548. The van der Waals surface area contributed by atoms with E-state index in [-0.39, 0.29) is 6.04 Å². The summed E-state index contributed by atoms with van der Waals surface area (Å²) in [5.74, 6) is 1.57. The molecule has 0 bridgehead atoms. The molecule has 0 aliphatic carbocycles. The number of hydrogen-bond donors (Lipinski definition) is 1. The molecule has 0 amide bonds. The first-order valence-corrected chi connectivity index (χ1v) is 7.83. The molecule has 1 heterocycles. The van der Waals surface area contributed by atoms with E-state index >= 15 is 0 Å². The molecule has 0 fully saturated rings. The minimum atomic E-state index is 0.224. The largest absolute Gasteiger partial charge is 0.310 e. The van der Waals surface area contributed by atoms with Crippen molar-refractivity contribution in [3.63, 3.8) is 0 Å². The molecule has 2 aromatic rings. The monoisotopic (exact) mass is 306 g/mol. The van der Waals surface area contributed by atoms with Gasteiger partial charge in [-0.15, -0.1) is 0 Å². The van der Waals surface area contributed by atoms with Gasteiger partial charge in [0.05, 0.1) is 0 Å². The van der Waals surface area contributed by atoms with E-state index in [1.54, 1.807) is 6.33 Å². The molecule has 0 saturated heterocycles. The Morgan fingerprint density at radius 3 is 2.57 bits per heavy atom. The molecular weight excluding hydrogens is 284 g/mol. The predicted molar refractivity (Wildman–Crippen MR) is 86.4 cm³/mol. The lowest BCUT2D eigenvalue weighted by Crippen LogP contribution is -2.25. The minimum Gasteiger partial charge on any atom is -0.310 e. The van der Waals surface area contributed by atoms with Gasteiger partial charge in [-0.1, -0.05) is 44.5 Å². The molecule has 1 N–H and O–H groups in total. The minimum absolute atomic E-state index is 0.224. The molecule has 1 aromatic heterocycles. The maximum Gasteiger partial charge on any atom is 0.138 e. The number of benzene rings is 1. The summed E-state index contributed by atoms with van der Waals surface area (Å²) in [4.78, 5) is 4.42. The number of rotatable bonds is 7. The Hall–Kier alpha value is -1.39. The first-order chi connectivity index (χ1) is 10.1. The van der Waals surface area contributed by atoms with Gasteiger partial charge in [0.25, 0.3) is 0 Å². The van der Waals surface area contributed by atoms with Gasteiger partial charge < -0.3 is 5.32 Å². The summed E-state index contributed by atoms with van der Waals surface area (Å²) in [5, 5.41) is 8.61. The molecule has 2 rings (SSSR count). The molecule has 5 heteroatoms. The molecule has 0 aliphatic heterocycles. The van der Waals surface area contributed by atoms with Crippen molar-refractivity contribution in [2.24, 2.45) is 5.92 Å². The summed E-state index contributed by atoms with van der Waals surface area (Å²) in [6.45, 7) is 8.29. The van der Waals surface area contributed by atoms with Crippen LogP contribution in [0.1, 0.15) is 38.2 Å². The first kappa shape index (κ1) is 16.0. The van der Waals surface area contributed by atoms with Gasteiger partial charge in [-0.25, -0.2) is 9.67 Å². The van der Waals surface area contributed by atoms with Crippen LogP contribution in [0.3, 0.4) is 0 Å². The number of likely N-dealkylation sites (N-methyl/N-ethyl adjacent to an activating group) is 1. The quantitative estimate of drug-likeness (QED) is 0.851. The van der Waals surface area contributed by atoms with Crippen molar-refractivity contribution in [3.05, 3.63) is 47.0 Å². The highest BCUT2D eigenvalue weighted by Gasteiger charge is 2.15. The van der Waals surface area contributed by atoms with Crippen molar-refractivity contribution >= 4 is 11.6 Å². The zero-order chi connectivity index (χ0) is 15.2. The molecule has 0 saturated carbocycles. The van der Waals surface area contributed by atoms with Gasteiger partial charge >= 0.3 is 0 Å². The average Bonchev–Trinajstić information content (AvgIpc) is 2.86. The fraction of sp³-hybridized carbons (Fsp3) is 0.500. The maximum absolute atomic E-state index is 5.97. The lowest BCUT2D eigenvalue weighted by molar-refractivity contribution is 0.446. The van der Waals surface area contributed by atoms with Crippen LogP contribution in [0, 0.1) is 5.92 Å². The van der Waals surface area contributed by atoms with E-state index in [9.17, 15) is 0 Å². The third kappa shape index (κ3) is 4.55. The summed E-state index contributed by atoms with van der Waals surface area (Å²) in [6, 6.07) is 8.22. The molecule has 1 atom stereocenters. The molecule has 1 unspecified atom stereocenters. The van der Waals surface area contributed by atoms with E-state index in [4.69, 9.17) is 11.6 Å². The molecule has 0 spiro atoms. The van der Waals surface area contributed by atoms with Crippen molar-refractivity contribution in [1.82, 2.24) is 20.1 Å². The third-order valence-corrected chi connectivity index (χ3v) is 3.60. The highest BCUT2D eigenvalue weighted by molar-refractivity contribution is 6.30. The van der Waals surface area contributed by atoms with Crippen molar-refractivity contribution in [2.75, 3.05) is 6.54 Å². The van der Waals surface area contributed by atoms with Gasteiger partial charge in [0.15, 0.2) is 0 Å². The van der Waals surface area contributed by atoms with Crippen LogP contribution in [0.2, 0.25) is 5.02 Å². The molecule has 21 heavy (non-hydrogen) atoms. The van der Waals surface area contributed by atoms with Gasteiger partial charge in [-0.05, 0) is 30.2 Å². The summed E-state index contributed by atoms with van der Waals surface area (Å²) in [5.41, 5.74) is 1.22. The number of nitrogens with one attached hydrogen (secondary N) is 1. The van der Waals surface area contributed by atoms with Gasteiger partial charge in [-0.2, -0.15) is 5.10 Å². The highest BCUT2D eigenvalue weighted by atomic mass is 35.5. The zero-order valence-corrected chi connectivity index (χ0v) is 13.6. The standard InChI is InChI=1S/C16H23ClN4/c1-4-18-15(13-5-7-14(17)8-6-13)9-16-19-11-20-21(16)10-12(2)3/h5-8,11-12,15,18H,4,9-10H2,1-3H3. The van der Waals surface area contributed by atoms with E-state index < -0.39 is 0 Å². The molecule has 114 valence electrons. The number of aromatic nitrogens is 3. The topological polar surface area (TPSA) is 42.7 Å². The smallest absolute Gasteiger partial charge is 0.138 e. The van der Waals surface area contributed by atoms with E-state index in [0.717, 1.165) is 30.4 Å². The lowest BCUT2D eigenvalue weighted by atomic mass is 10.0. The van der Waals surface area contributed by atoms with Crippen LogP contribution in [0.25, 0.3) is 0 Å². The number of hydrogen-bond acceptors (Lipinski definition) is 3.